The minimum absolute atomic E-state index is 0.749. The summed E-state index contributed by atoms with van der Waals surface area (Å²) in [5, 5.41) is 3.51. The molecular formula is C13H23N3O. The van der Waals surface area contributed by atoms with Crippen LogP contribution in [-0.2, 0) is 17.8 Å². The van der Waals surface area contributed by atoms with E-state index < -0.39 is 0 Å². The van der Waals surface area contributed by atoms with Crippen LogP contribution in [0.15, 0.2) is 12.5 Å². The quantitative estimate of drug-likeness (QED) is 0.667. The van der Waals surface area contributed by atoms with Crippen LogP contribution in [0.3, 0.4) is 0 Å². The van der Waals surface area contributed by atoms with Gasteiger partial charge in [0.15, 0.2) is 0 Å². The summed E-state index contributed by atoms with van der Waals surface area (Å²) in [4.78, 5) is 4.20. The van der Waals surface area contributed by atoms with Gasteiger partial charge in [-0.25, -0.2) is 4.98 Å². The molecule has 96 valence electrons. The fourth-order valence-corrected chi connectivity index (χ4v) is 1.74. The van der Waals surface area contributed by atoms with Gasteiger partial charge < -0.3 is 14.6 Å². The average molecular weight is 237 g/mol. The summed E-state index contributed by atoms with van der Waals surface area (Å²) < 4.78 is 7.75. The molecule has 0 bridgehead atoms. The lowest BCUT2D eigenvalue weighted by Gasteiger charge is -2.09. The Morgan fingerprint density at radius 1 is 1.47 bits per heavy atom. The van der Waals surface area contributed by atoms with Crippen molar-refractivity contribution in [1.82, 2.24) is 14.9 Å². The molecule has 0 atom stereocenters. The van der Waals surface area contributed by atoms with Crippen LogP contribution >= 0.6 is 0 Å². The number of nitrogens with one attached hydrogen (secondary N) is 1. The molecule has 1 aliphatic rings. The molecule has 0 saturated heterocycles. The maximum atomic E-state index is 5.57. The van der Waals surface area contributed by atoms with Crippen LogP contribution in [0, 0.1) is 0 Å². The number of hydrogen-bond acceptors (Lipinski definition) is 3. The van der Waals surface area contributed by atoms with Crippen molar-refractivity contribution < 1.29 is 4.74 Å². The average Bonchev–Trinajstić information content (AvgIpc) is 3.06. The van der Waals surface area contributed by atoms with Crippen LogP contribution in [0.1, 0.15) is 38.3 Å². The SMILES string of the molecule is CCCCOCCn1cncc1CNC1CC1. The minimum Gasteiger partial charge on any atom is -0.380 e. The van der Waals surface area contributed by atoms with Gasteiger partial charge in [-0.1, -0.05) is 13.3 Å². The summed E-state index contributed by atoms with van der Waals surface area (Å²) in [6.45, 7) is 5.68. The number of aromatic nitrogens is 2. The molecule has 4 heteroatoms. The largest absolute Gasteiger partial charge is 0.380 e. The van der Waals surface area contributed by atoms with Crippen molar-refractivity contribution >= 4 is 0 Å². The lowest BCUT2D eigenvalue weighted by molar-refractivity contribution is 0.123. The molecule has 0 aliphatic heterocycles. The van der Waals surface area contributed by atoms with Gasteiger partial charge in [0.25, 0.3) is 0 Å². The van der Waals surface area contributed by atoms with Crippen LogP contribution in [0.5, 0.6) is 0 Å². The number of hydrogen-bond donors (Lipinski definition) is 1. The molecule has 0 spiro atoms. The van der Waals surface area contributed by atoms with Crippen LogP contribution in [-0.4, -0.2) is 28.8 Å². The van der Waals surface area contributed by atoms with E-state index in [4.69, 9.17) is 4.74 Å². The van der Waals surface area contributed by atoms with E-state index in [1.165, 1.54) is 25.0 Å². The standard InChI is InChI=1S/C13H23N3O/c1-2-3-7-17-8-6-16-11-14-9-13(16)10-15-12-4-5-12/h9,11-12,15H,2-8,10H2,1H3. The lowest BCUT2D eigenvalue weighted by Crippen LogP contribution is -2.19. The zero-order chi connectivity index (χ0) is 11.9. The number of nitrogens with zero attached hydrogens (tertiary/aromatic N) is 2. The normalized spacial score (nSPS) is 15.4. The third-order valence-corrected chi connectivity index (χ3v) is 3.07. The molecule has 1 aromatic heterocycles. The molecule has 17 heavy (non-hydrogen) atoms. The Morgan fingerprint density at radius 3 is 3.12 bits per heavy atom. The molecule has 1 heterocycles. The summed E-state index contributed by atoms with van der Waals surface area (Å²) in [6, 6.07) is 0.749. The number of rotatable bonds is 9. The Labute approximate surface area is 103 Å². The van der Waals surface area contributed by atoms with E-state index in [1.54, 1.807) is 0 Å². The molecule has 0 radical (unpaired) electrons. The molecule has 1 saturated carbocycles. The van der Waals surface area contributed by atoms with Crippen LogP contribution in [0.25, 0.3) is 0 Å². The summed E-state index contributed by atoms with van der Waals surface area (Å²) in [7, 11) is 0. The van der Waals surface area contributed by atoms with Crippen molar-refractivity contribution in [2.75, 3.05) is 13.2 Å². The first kappa shape index (κ1) is 12.6. The first-order chi connectivity index (χ1) is 8.40. The van der Waals surface area contributed by atoms with E-state index in [9.17, 15) is 0 Å². The second-order valence-corrected chi connectivity index (χ2v) is 4.70. The Hall–Kier alpha value is -0.870. The maximum absolute atomic E-state index is 5.57. The molecule has 0 amide bonds. The summed E-state index contributed by atoms with van der Waals surface area (Å²) >= 11 is 0. The predicted octanol–water partition coefficient (Wildman–Crippen LogP) is 1.95. The van der Waals surface area contributed by atoms with Crippen molar-refractivity contribution in [3.05, 3.63) is 18.2 Å². The van der Waals surface area contributed by atoms with Crippen molar-refractivity contribution in [3.8, 4) is 0 Å². The number of imidazole rings is 1. The zero-order valence-corrected chi connectivity index (χ0v) is 10.7. The van der Waals surface area contributed by atoms with Gasteiger partial charge in [0, 0.05) is 31.9 Å². The third-order valence-electron chi connectivity index (χ3n) is 3.07. The molecule has 1 aliphatic carbocycles. The first-order valence-electron chi connectivity index (χ1n) is 6.70. The molecular weight excluding hydrogens is 214 g/mol. The molecule has 2 rings (SSSR count). The first-order valence-corrected chi connectivity index (χ1v) is 6.70. The monoisotopic (exact) mass is 237 g/mol. The summed E-state index contributed by atoms with van der Waals surface area (Å²) in [5.41, 5.74) is 1.26. The van der Waals surface area contributed by atoms with Crippen LogP contribution in [0.4, 0.5) is 0 Å². The van der Waals surface area contributed by atoms with Crippen LogP contribution in [0.2, 0.25) is 0 Å². The van der Waals surface area contributed by atoms with Gasteiger partial charge in [-0.3, -0.25) is 0 Å². The number of unbranched alkanes of at least 4 members (excludes halogenated alkanes) is 1. The smallest absolute Gasteiger partial charge is 0.0949 e. The topological polar surface area (TPSA) is 39.1 Å². The molecule has 1 N–H and O–H groups in total. The van der Waals surface area contributed by atoms with Gasteiger partial charge in [-0.15, -0.1) is 0 Å². The predicted molar refractivity (Wildman–Crippen MR) is 67.8 cm³/mol. The van der Waals surface area contributed by atoms with E-state index in [0.29, 0.717) is 0 Å². The summed E-state index contributed by atoms with van der Waals surface area (Å²) in [6.07, 6.45) is 8.85. The van der Waals surface area contributed by atoms with E-state index in [-0.39, 0.29) is 0 Å². The number of ether oxygens (including phenoxy) is 1. The Kier molecular flexibility index (Phi) is 5.01. The van der Waals surface area contributed by atoms with Gasteiger partial charge in [0.05, 0.1) is 18.6 Å². The second-order valence-electron chi connectivity index (χ2n) is 4.70. The van der Waals surface area contributed by atoms with Gasteiger partial charge >= 0.3 is 0 Å². The molecule has 0 unspecified atom stereocenters. The van der Waals surface area contributed by atoms with Crippen LogP contribution < -0.4 is 5.32 Å². The molecule has 1 aromatic rings. The Balaban J connectivity index is 1.66. The fraction of sp³-hybridized carbons (Fsp3) is 0.769. The molecule has 1 fully saturated rings. The third kappa shape index (κ3) is 4.48. The van der Waals surface area contributed by atoms with Gasteiger partial charge in [0.1, 0.15) is 0 Å². The van der Waals surface area contributed by atoms with Crippen molar-refractivity contribution in [1.29, 1.82) is 0 Å². The molecule has 0 aromatic carbocycles. The highest BCUT2D eigenvalue weighted by atomic mass is 16.5. The maximum Gasteiger partial charge on any atom is 0.0949 e. The highest BCUT2D eigenvalue weighted by Gasteiger charge is 2.20. The summed E-state index contributed by atoms with van der Waals surface area (Å²) in [5.74, 6) is 0. The Morgan fingerprint density at radius 2 is 2.35 bits per heavy atom. The second kappa shape index (κ2) is 6.77. The fourth-order valence-electron chi connectivity index (χ4n) is 1.74. The highest BCUT2D eigenvalue weighted by molar-refractivity contribution is 4.99. The highest BCUT2D eigenvalue weighted by Crippen LogP contribution is 2.19. The van der Waals surface area contributed by atoms with E-state index in [2.05, 4.69) is 21.8 Å². The van der Waals surface area contributed by atoms with Gasteiger partial charge in [0.2, 0.25) is 0 Å². The van der Waals surface area contributed by atoms with E-state index >= 15 is 0 Å². The molecule has 4 nitrogen and oxygen atoms in total. The van der Waals surface area contributed by atoms with Crippen molar-refractivity contribution in [3.63, 3.8) is 0 Å². The van der Waals surface area contributed by atoms with Gasteiger partial charge in [-0.05, 0) is 19.3 Å². The van der Waals surface area contributed by atoms with Gasteiger partial charge in [-0.2, -0.15) is 0 Å². The lowest BCUT2D eigenvalue weighted by atomic mass is 10.4. The van der Waals surface area contributed by atoms with Crippen molar-refractivity contribution in [2.24, 2.45) is 0 Å². The van der Waals surface area contributed by atoms with Crippen molar-refractivity contribution in [2.45, 2.75) is 51.7 Å². The Bertz CT molecular complexity index is 320. The van der Waals surface area contributed by atoms with E-state index in [1.807, 2.05) is 12.5 Å². The van der Waals surface area contributed by atoms with E-state index in [0.717, 1.165) is 38.8 Å². The zero-order valence-electron chi connectivity index (χ0n) is 10.7. The minimum atomic E-state index is 0.749.